The van der Waals surface area contributed by atoms with Crippen molar-refractivity contribution in [2.45, 2.75) is 37.9 Å². The molecule has 1 unspecified atom stereocenters. The number of rotatable bonds is 1. The smallest absolute Gasteiger partial charge is 0.267 e. The van der Waals surface area contributed by atoms with Gasteiger partial charge < -0.3 is 19.1 Å². The van der Waals surface area contributed by atoms with Gasteiger partial charge in [-0.1, -0.05) is 23.7 Å². The number of ketones is 1. The molecule has 1 amide bonds. The molecule has 3 aliphatic rings. The Labute approximate surface area is 179 Å². The van der Waals surface area contributed by atoms with Crippen LogP contribution in [0.1, 0.15) is 35.2 Å². The highest BCUT2D eigenvalue weighted by Crippen LogP contribution is 2.42. The lowest BCUT2D eigenvalue weighted by atomic mass is 9.82. The summed E-state index contributed by atoms with van der Waals surface area (Å²) in [6.07, 6.45) is 0.831. The van der Waals surface area contributed by atoms with E-state index in [1.807, 2.05) is 31.2 Å². The van der Waals surface area contributed by atoms with Crippen LogP contribution >= 0.6 is 11.6 Å². The average Bonchev–Trinajstić information content (AvgIpc) is 2.74. The summed E-state index contributed by atoms with van der Waals surface area (Å²) >= 11 is 6.11. The highest BCUT2D eigenvalue weighted by atomic mass is 35.5. The maximum Gasteiger partial charge on any atom is 0.267 e. The number of halogens is 1. The van der Waals surface area contributed by atoms with Gasteiger partial charge in [0.25, 0.3) is 5.91 Å². The van der Waals surface area contributed by atoms with Crippen molar-refractivity contribution in [3.63, 3.8) is 0 Å². The van der Waals surface area contributed by atoms with Crippen LogP contribution in [0.15, 0.2) is 36.4 Å². The number of ether oxygens (including phenoxy) is 3. The van der Waals surface area contributed by atoms with E-state index in [0.717, 1.165) is 5.56 Å². The number of nitrogens with zero attached hydrogens (tertiary/aromatic N) is 1. The van der Waals surface area contributed by atoms with Crippen molar-refractivity contribution in [3.05, 3.63) is 52.5 Å². The topological polar surface area (TPSA) is 65.1 Å². The summed E-state index contributed by atoms with van der Waals surface area (Å²) in [4.78, 5) is 27.6. The third kappa shape index (κ3) is 3.29. The van der Waals surface area contributed by atoms with Crippen LogP contribution in [0.5, 0.6) is 17.2 Å². The molecule has 2 aromatic rings. The predicted octanol–water partition coefficient (Wildman–Crippen LogP) is 3.81. The maximum absolute atomic E-state index is 13.0. The first-order valence-electron chi connectivity index (χ1n) is 10.1. The van der Waals surface area contributed by atoms with Crippen LogP contribution in [0.3, 0.4) is 0 Å². The van der Waals surface area contributed by atoms with Crippen LogP contribution in [0, 0.1) is 6.92 Å². The zero-order valence-electron chi connectivity index (χ0n) is 16.7. The number of carbonyl (C=O) groups is 2. The number of piperidine rings is 1. The second-order valence-electron chi connectivity index (χ2n) is 8.17. The molecule has 7 heteroatoms. The molecule has 0 bridgehead atoms. The summed E-state index contributed by atoms with van der Waals surface area (Å²) in [6.45, 7) is 3.11. The number of benzene rings is 2. The van der Waals surface area contributed by atoms with E-state index in [9.17, 15) is 9.59 Å². The van der Waals surface area contributed by atoms with Crippen LogP contribution in [0.4, 0.5) is 0 Å². The van der Waals surface area contributed by atoms with Crippen molar-refractivity contribution < 1.29 is 23.8 Å². The highest BCUT2D eigenvalue weighted by Gasteiger charge is 2.45. The number of amides is 1. The molecular formula is C23H22ClNO5. The molecule has 2 aromatic carbocycles. The number of hydrogen-bond donors (Lipinski definition) is 0. The SMILES string of the molecule is Cc1cc(Cl)cc2c1OC1(CCN(C(=O)C3COc4ccccc4O3)CC1)CC2=O. The molecule has 0 aromatic heterocycles. The van der Waals surface area contributed by atoms with E-state index in [1.165, 1.54) is 0 Å². The van der Waals surface area contributed by atoms with E-state index in [2.05, 4.69) is 0 Å². The summed E-state index contributed by atoms with van der Waals surface area (Å²) < 4.78 is 17.9. The minimum Gasteiger partial charge on any atom is -0.486 e. The molecule has 6 nitrogen and oxygen atoms in total. The molecule has 30 heavy (non-hydrogen) atoms. The number of para-hydroxylation sites is 2. The molecule has 3 aliphatic heterocycles. The molecule has 1 saturated heterocycles. The quantitative estimate of drug-likeness (QED) is 0.692. The Kier molecular flexibility index (Phi) is 4.62. The Morgan fingerprint density at radius 1 is 1.17 bits per heavy atom. The minimum atomic E-state index is -0.659. The summed E-state index contributed by atoms with van der Waals surface area (Å²) in [7, 11) is 0. The standard InChI is InChI=1S/C23H22ClNO5/c1-14-10-15(24)11-16-17(26)12-23(30-21(14)16)6-8-25(9-7-23)22(27)20-13-28-18-4-2-3-5-19(18)29-20/h2-5,10-11,20H,6-9,12-13H2,1H3. The summed E-state index contributed by atoms with van der Waals surface area (Å²) in [5.74, 6) is 1.81. The third-order valence-electron chi connectivity index (χ3n) is 6.11. The van der Waals surface area contributed by atoms with Crippen molar-refractivity contribution in [2.24, 2.45) is 0 Å². The first-order valence-corrected chi connectivity index (χ1v) is 10.5. The lowest BCUT2D eigenvalue weighted by molar-refractivity contribution is -0.144. The fourth-order valence-electron chi connectivity index (χ4n) is 4.47. The lowest BCUT2D eigenvalue weighted by Crippen LogP contribution is -2.55. The van der Waals surface area contributed by atoms with Crippen LogP contribution < -0.4 is 14.2 Å². The van der Waals surface area contributed by atoms with E-state index in [4.69, 9.17) is 25.8 Å². The second-order valence-corrected chi connectivity index (χ2v) is 8.61. The first-order chi connectivity index (χ1) is 14.4. The average molecular weight is 428 g/mol. The normalized spacial score (nSPS) is 21.7. The Balaban J connectivity index is 1.28. The lowest BCUT2D eigenvalue weighted by Gasteiger charge is -2.45. The molecule has 0 aliphatic carbocycles. The molecule has 1 spiro atoms. The third-order valence-corrected chi connectivity index (χ3v) is 6.33. The maximum atomic E-state index is 13.0. The monoisotopic (exact) mass is 427 g/mol. The first kappa shape index (κ1) is 19.2. The number of carbonyl (C=O) groups excluding carboxylic acids is 2. The molecule has 0 radical (unpaired) electrons. The number of Topliss-reactive ketones (excluding diaryl/α,β-unsaturated/α-hetero) is 1. The Morgan fingerprint density at radius 3 is 2.67 bits per heavy atom. The van der Waals surface area contributed by atoms with E-state index in [0.29, 0.717) is 60.2 Å². The fourth-order valence-corrected chi connectivity index (χ4v) is 4.74. The molecule has 0 N–H and O–H groups in total. The summed E-state index contributed by atoms with van der Waals surface area (Å²) in [5, 5.41) is 0.538. The zero-order chi connectivity index (χ0) is 20.9. The van der Waals surface area contributed by atoms with E-state index >= 15 is 0 Å². The van der Waals surface area contributed by atoms with Crippen LogP contribution in [0.25, 0.3) is 0 Å². The summed E-state index contributed by atoms with van der Waals surface area (Å²) in [5.41, 5.74) is 0.834. The zero-order valence-corrected chi connectivity index (χ0v) is 17.4. The van der Waals surface area contributed by atoms with E-state index < -0.39 is 11.7 Å². The molecular weight excluding hydrogens is 406 g/mol. The van der Waals surface area contributed by atoms with Crippen molar-refractivity contribution in [2.75, 3.05) is 19.7 Å². The van der Waals surface area contributed by atoms with Gasteiger partial charge in [-0.2, -0.15) is 0 Å². The van der Waals surface area contributed by atoms with Crippen LogP contribution in [-0.2, 0) is 4.79 Å². The van der Waals surface area contributed by atoms with Crippen molar-refractivity contribution >= 4 is 23.3 Å². The molecule has 156 valence electrons. The highest BCUT2D eigenvalue weighted by molar-refractivity contribution is 6.31. The molecule has 3 heterocycles. The van der Waals surface area contributed by atoms with E-state index in [-0.39, 0.29) is 18.3 Å². The van der Waals surface area contributed by atoms with Gasteiger partial charge in [0.2, 0.25) is 6.10 Å². The summed E-state index contributed by atoms with van der Waals surface area (Å²) in [6, 6.07) is 10.8. The van der Waals surface area contributed by atoms with Gasteiger partial charge in [0, 0.05) is 31.0 Å². The Hall–Kier alpha value is -2.73. The van der Waals surface area contributed by atoms with Gasteiger partial charge >= 0.3 is 0 Å². The minimum absolute atomic E-state index is 0.0437. The number of aryl methyl sites for hydroxylation is 1. The molecule has 5 rings (SSSR count). The number of hydrogen-bond acceptors (Lipinski definition) is 5. The van der Waals surface area contributed by atoms with Crippen molar-refractivity contribution in [3.8, 4) is 17.2 Å². The number of likely N-dealkylation sites (tertiary alicyclic amines) is 1. The van der Waals surface area contributed by atoms with Gasteiger partial charge in [-0.15, -0.1) is 0 Å². The molecule has 0 saturated carbocycles. The van der Waals surface area contributed by atoms with Gasteiger partial charge in [0.15, 0.2) is 17.3 Å². The van der Waals surface area contributed by atoms with Crippen LogP contribution in [0.2, 0.25) is 5.02 Å². The van der Waals surface area contributed by atoms with E-state index in [1.54, 1.807) is 17.0 Å². The molecule has 1 atom stereocenters. The van der Waals surface area contributed by atoms with Gasteiger partial charge in [-0.25, -0.2) is 0 Å². The van der Waals surface area contributed by atoms with Gasteiger partial charge in [0.05, 0.1) is 12.0 Å². The van der Waals surface area contributed by atoms with Gasteiger partial charge in [-0.3, -0.25) is 9.59 Å². The number of fused-ring (bicyclic) bond motifs is 2. The Morgan fingerprint density at radius 2 is 1.90 bits per heavy atom. The van der Waals surface area contributed by atoms with Crippen molar-refractivity contribution in [1.29, 1.82) is 0 Å². The Bertz CT molecular complexity index is 1030. The van der Waals surface area contributed by atoms with Gasteiger partial charge in [-0.05, 0) is 36.8 Å². The predicted molar refractivity (Wildman–Crippen MR) is 111 cm³/mol. The van der Waals surface area contributed by atoms with Crippen molar-refractivity contribution in [1.82, 2.24) is 4.90 Å². The molecule has 1 fully saturated rings. The second kappa shape index (κ2) is 7.20. The largest absolute Gasteiger partial charge is 0.486 e. The fraction of sp³-hybridized carbons (Fsp3) is 0.391. The van der Waals surface area contributed by atoms with Crippen LogP contribution in [-0.4, -0.2) is 48.0 Å². The van der Waals surface area contributed by atoms with Gasteiger partial charge in [0.1, 0.15) is 18.0 Å².